The minimum absolute atomic E-state index is 0.0105. The third-order valence-corrected chi connectivity index (χ3v) is 8.51. The van der Waals surface area contributed by atoms with Crippen molar-refractivity contribution in [2.75, 3.05) is 18.0 Å². The largest absolute Gasteiger partial charge is 0.444 e. The third kappa shape index (κ3) is 3.94. The smallest absolute Gasteiger partial charge is 0.413 e. The molecule has 1 aromatic heterocycles. The van der Waals surface area contributed by atoms with E-state index in [1.165, 1.54) is 12.1 Å². The Hall–Kier alpha value is -2.23. The summed E-state index contributed by atoms with van der Waals surface area (Å²) in [6, 6.07) is 2.56. The Morgan fingerprint density at radius 3 is 2.69 bits per heavy atom. The maximum atomic E-state index is 14.6. The number of nitrogens with two attached hydrogens (primary N) is 1. The van der Waals surface area contributed by atoms with E-state index in [4.69, 9.17) is 10.5 Å². The molecule has 160 valence electrons. The Morgan fingerprint density at radius 1 is 1.34 bits per heavy atom. The molecule has 3 heterocycles. The first-order chi connectivity index (χ1) is 13.3. The third-order valence-electron chi connectivity index (χ3n) is 5.15. The van der Waals surface area contributed by atoms with Crippen LogP contribution in [0.25, 0.3) is 0 Å². The van der Waals surface area contributed by atoms with E-state index in [2.05, 4.69) is 19.7 Å². The average Bonchev–Trinajstić information content (AvgIpc) is 2.56. The second-order valence-electron chi connectivity index (χ2n) is 8.90. The molecule has 1 amide bonds. The van der Waals surface area contributed by atoms with Crippen molar-refractivity contribution in [2.45, 2.75) is 63.3 Å². The topological polar surface area (TPSA) is 119 Å². The first kappa shape index (κ1) is 21.5. The fraction of sp³-hybridized carbons (Fsp3) is 0.632. The number of nitrogen functional groups attached to an aromatic ring is 1. The summed E-state index contributed by atoms with van der Waals surface area (Å²) in [4.78, 5) is 21.3. The predicted molar refractivity (Wildman–Crippen MR) is 111 cm³/mol. The van der Waals surface area contributed by atoms with Gasteiger partial charge in [-0.3, -0.25) is 10.3 Å². The number of pyridine rings is 1. The molecule has 10 heteroatoms. The number of ether oxygens (including phenoxy) is 1. The highest BCUT2D eigenvalue weighted by atomic mass is 32.2. The van der Waals surface area contributed by atoms with Crippen LogP contribution in [0.2, 0.25) is 0 Å². The molecular weight excluding hydrogens is 397 g/mol. The Morgan fingerprint density at radius 2 is 2.03 bits per heavy atom. The molecule has 0 unspecified atom stereocenters. The maximum absolute atomic E-state index is 14.6. The van der Waals surface area contributed by atoms with E-state index in [9.17, 15) is 13.4 Å². The molecule has 3 N–H and O–H groups in total. The van der Waals surface area contributed by atoms with Gasteiger partial charge >= 0.3 is 6.09 Å². The molecule has 8 nitrogen and oxygen atoms in total. The van der Waals surface area contributed by atoms with E-state index in [0.29, 0.717) is 19.4 Å². The number of nitrogens with zero attached hydrogens (tertiary/aromatic N) is 3. The number of fused-ring (bicyclic) bond motifs is 1. The molecule has 29 heavy (non-hydrogen) atoms. The van der Waals surface area contributed by atoms with Crippen LogP contribution in [0.4, 0.5) is 15.0 Å². The average molecular weight is 426 g/mol. The van der Waals surface area contributed by atoms with Crippen molar-refractivity contribution in [3.8, 4) is 0 Å². The van der Waals surface area contributed by atoms with Crippen LogP contribution in [0, 0.1) is 5.82 Å². The molecule has 1 aromatic rings. The fourth-order valence-corrected chi connectivity index (χ4v) is 6.64. The lowest BCUT2D eigenvalue weighted by Gasteiger charge is -2.44. The van der Waals surface area contributed by atoms with Crippen LogP contribution in [-0.4, -0.2) is 43.8 Å². The van der Waals surface area contributed by atoms with Gasteiger partial charge in [0.1, 0.15) is 39.1 Å². The molecule has 0 fully saturated rings. The molecule has 2 aliphatic heterocycles. The molecular formula is C19H28FN5O3S. The van der Waals surface area contributed by atoms with Crippen LogP contribution in [0.3, 0.4) is 0 Å². The normalized spacial score (nSPS) is 31.9. The summed E-state index contributed by atoms with van der Waals surface area (Å²) in [6.45, 7) is 9.07. The lowest BCUT2D eigenvalue weighted by molar-refractivity contribution is 0.0560. The van der Waals surface area contributed by atoms with Crippen molar-refractivity contribution in [2.24, 2.45) is 9.36 Å². The van der Waals surface area contributed by atoms with Gasteiger partial charge in [0.15, 0.2) is 0 Å². The summed E-state index contributed by atoms with van der Waals surface area (Å²) in [5, 5.41) is 2.67. The quantitative estimate of drug-likeness (QED) is 0.717. The summed E-state index contributed by atoms with van der Waals surface area (Å²) in [7, 11) is -2.88. The number of hydrogen-bond acceptors (Lipinski definition) is 7. The van der Waals surface area contributed by atoms with Crippen molar-refractivity contribution in [3.05, 3.63) is 23.6 Å². The molecule has 3 rings (SSSR count). The number of anilines is 1. The summed E-state index contributed by atoms with van der Waals surface area (Å²) in [6.07, 6.45) is 0.534. The second kappa shape index (κ2) is 6.93. The van der Waals surface area contributed by atoms with E-state index in [-0.39, 0.29) is 23.1 Å². The van der Waals surface area contributed by atoms with Crippen molar-refractivity contribution in [1.82, 2.24) is 10.3 Å². The number of amides is 1. The molecule has 0 saturated carbocycles. The zero-order chi connectivity index (χ0) is 21.7. The number of nitrogens with one attached hydrogen (secondary N) is 1. The summed E-state index contributed by atoms with van der Waals surface area (Å²) < 4.78 is 37.4. The monoisotopic (exact) mass is 425 g/mol. The Kier molecular flexibility index (Phi) is 5.13. The maximum Gasteiger partial charge on any atom is 0.413 e. The zero-order valence-electron chi connectivity index (χ0n) is 17.4. The molecule has 0 bridgehead atoms. The predicted octanol–water partition coefficient (Wildman–Crippen LogP) is 2.98. The van der Waals surface area contributed by atoms with Gasteiger partial charge in [-0.05, 0) is 59.6 Å². The van der Waals surface area contributed by atoms with Gasteiger partial charge in [0.25, 0.3) is 0 Å². The lowest BCUT2D eigenvalue weighted by atomic mass is 9.96. The summed E-state index contributed by atoms with van der Waals surface area (Å²) in [5.41, 5.74) is 3.71. The van der Waals surface area contributed by atoms with Gasteiger partial charge in [-0.2, -0.15) is 0 Å². The van der Waals surface area contributed by atoms with Crippen molar-refractivity contribution in [1.29, 1.82) is 0 Å². The van der Waals surface area contributed by atoms with E-state index in [1.54, 1.807) is 34.6 Å². The van der Waals surface area contributed by atoms with Crippen molar-refractivity contribution in [3.63, 3.8) is 0 Å². The van der Waals surface area contributed by atoms with Crippen LogP contribution in [0.15, 0.2) is 21.5 Å². The molecule has 0 spiro atoms. The molecule has 0 saturated heterocycles. The number of hydrogen-bond donors (Lipinski definition) is 2. The molecule has 2 aliphatic rings. The van der Waals surface area contributed by atoms with Gasteiger partial charge in [-0.1, -0.05) is 0 Å². The molecule has 3 atom stereocenters. The fourth-order valence-electron chi connectivity index (χ4n) is 3.70. The number of halogens is 1. The minimum Gasteiger partial charge on any atom is -0.444 e. The van der Waals surface area contributed by atoms with Gasteiger partial charge in [-0.15, -0.1) is 0 Å². The first-order valence-electron chi connectivity index (χ1n) is 9.51. The number of carbonyl (C=O) groups is 1. The summed E-state index contributed by atoms with van der Waals surface area (Å²) in [5.74, 6) is -0.311. The highest BCUT2D eigenvalue weighted by Crippen LogP contribution is 2.42. The Labute approximate surface area is 170 Å². The number of carbonyl (C=O) groups excluding carboxylic acids is 1. The van der Waals surface area contributed by atoms with Gasteiger partial charge < -0.3 is 10.5 Å². The van der Waals surface area contributed by atoms with Gasteiger partial charge in [0.05, 0.1) is 15.5 Å². The number of aliphatic imine (C=N–C) groups is 1. The summed E-state index contributed by atoms with van der Waals surface area (Å²) >= 11 is 0. The van der Waals surface area contributed by atoms with Crippen LogP contribution >= 0.6 is 0 Å². The molecule has 0 radical (unpaired) electrons. The van der Waals surface area contributed by atoms with E-state index in [0.717, 1.165) is 0 Å². The van der Waals surface area contributed by atoms with Crippen LogP contribution in [0.5, 0.6) is 0 Å². The van der Waals surface area contributed by atoms with Gasteiger partial charge in [-0.25, -0.2) is 22.7 Å². The second-order valence-corrected chi connectivity index (χ2v) is 11.6. The standard InChI is InChI=1S/C19H28FN5O3S/c1-17(2,3)28-16(26)24-15-19(5)9-6-10-22-29(19,27)11-18(4,25-15)14-12(20)7-8-13(21)23-14/h7-8H,6,9-11H2,1-5H3,(H2,21,23)(H,24,25,26)/t18-,19+,29-/m0/s1. The highest BCUT2D eigenvalue weighted by molar-refractivity contribution is 7.95. The minimum atomic E-state index is -2.88. The number of aromatic nitrogens is 1. The van der Waals surface area contributed by atoms with E-state index in [1.807, 2.05) is 0 Å². The van der Waals surface area contributed by atoms with Crippen LogP contribution in [0.1, 0.15) is 53.2 Å². The van der Waals surface area contributed by atoms with Gasteiger partial charge in [0.2, 0.25) is 0 Å². The van der Waals surface area contributed by atoms with Crippen LogP contribution < -0.4 is 11.1 Å². The highest BCUT2D eigenvalue weighted by Gasteiger charge is 2.53. The first-order valence-corrected chi connectivity index (χ1v) is 11.2. The van der Waals surface area contributed by atoms with E-state index < -0.39 is 37.5 Å². The Bertz CT molecular complexity index is 996. The number of alkyl carbamates (subject to hydrolysis) is 1. The number of rotatable bonds is 1. The van der Waals surface area contributed by atoms with Gasteiger partial charge in [0, 0.05) is 6.54 Å². The number of amidine groups is 1. The molecule has 0 aromatic carbocycles. The van der Waals surface area contributed by atoms with E-state index >= 15 is 0 Å². The van der Waals surface area contributed by atoms with Crippen molar-refractivity contribution < 1.29 is 18.1 Å². The zero-order valence-corrected chi connectivity index (χ0v) is 18.2. The Balaban J connectivity index is 2.15. The van der Waals surface area contributed by atoms with Crippen LogP contribution in [-0.2, 0) is 20.0 Å². The lowest BCUT2D eigenvalue weighted by Crippen LogP contribution is -2.60. The SMILES string of the molecule is CC(C)(C)OC(=O)NC1=N[C@](C)(c2nc(N)ccc2F)C[S@@]2(=O)=NCCC[C@]12C. The molecule has 0 aliphatic carbocycles. The van der Waals surface area contributed by atoms with Crippen molar-refractivity contribution >= 4 is 27.5 Å².